The minimum Gasteiger partial charge on any atom is -0.497 e. The summed E-state index contributed by atoms with van der Waals surface area (Å²) in [5.41, 5.74) is 3.93. The Morgan fingerprint density at radius 2 is 2.04 bits per heavy atom. The average Bonchev–Trinajstić information content (AvgIpc) is 2.94. The molecule has 1 aliphatic rings. The first-order chi connectivity index (χ1) is 12.8. The van der Waals surface area contributed by atoms with Gasteiger partial charge in [0.05, 0.1) is 12.8 Å². The number of hydrogen-bond acceptors (Lipinski definition) is 4. The monoisotopic (exact) mass is 397 g/mol. The lowest BCUT2D eigenvalue weighted by atomic mass is 10.1. The number of carbonyl (C=O) groups excluding carboxylic acids is 1. The van der Waals surface area contributed by atoms with Gasteiger partial charge < -0.3 is 4.74 Å². The molecule has 1 atom stereocenters. The van der Waals surface area contributed by atoms with Gasteiger partial charge >= 0.3 is 6.30 Å². The number of carbonyl (C=O) groups is 1. The predicted molar refractivity (Wildman–Crippen MR) is 95.0 cm³/mol. The minimum absolute atomic E-state index is 0.0299. The maximum Gasteiger partial charge on any atom is 0.457 e. The van der Waals surface area contributed by atoms with Crippen molar-refractivity contribution in [1.29, 1.82) is 0 Å². The fourth-order valence-corrected chi connectivity index (χ4v) is 3.07. The molecule has 1 unspecified atom stereocenters. The number of benzene rings is 2. The largest absolute Gasteiger partial charge is 0.497 e. The third-order valence-electron chi connectivity index (χ3n) is 4.06. The second-order valence-electron chi connectivity index (χ2n) is 5.86. The van der Waals surface area contributed by atoms with Crippen molar-refractivity contribution in [1.82, 2.24) is 10.7 Å². The zero-order chi connectivity index (χ0) is 19.6. The highest BCUT2D eigenvalue weighted by molar-refractivity contribution is 6.31. The first-order valence-corrected chi connectivity index (χ1v) is 8.30. The summed E-state index contributed by atoms with van der Waals surface area (Å²) in [6, 6.07) is 10.0. The van der Waals surface area contributed by atoms with Gasteiger partial charge in [0.1, 0.15) is 5.75 Å². The fourth-order valence-electron chi connectivity index (χ4n) is 2.88. The van der Waals surface area contributed by atoms with Gasteiger partial charge in [-0.05, 0) is 42.0 Å². The molecule has 9 heteroatoms. The molecule has 0 radical (unpaired) electrons. The van der Waals surface area contributed by atoms with E-state index in [0.29, 0.717) is 33.2 Å². The van der Waals surface area contributed by atoms with Gasteiger partial charge in [-0.1, -0.05) is 17.7 Å². The number of ether oxygens (including phenoxy) is 1. The lowest BCUT2D eigenvalue weighted by molar-refractivity contribution is -0.164. The fraction of sp³-hybridized carbons (Fsp3) is 0.222. The van der Waals surface area contributed by atoms with E-state index < -0.39 is 18.2 Å². The van der Waals surface area contributed by atoms with E-state index in [2.05, 4.69) is 10.5 Å². The summed E-state index contributed by atoms with van der Waals surface area (Å²) >= 11 is 5.85. The lowest BCUT2D eigenvalue weighted by Crippen LogP contribution is -2.34. The maximum atomic E-state index is 12.8. The summed E-state index contributed by atoms with van der Waals surface area (Å²) in [7, 11) is 1.43. The van der Waals surface area contributed by atoms with Crippen LogP contribution in [0.1, 0.15) is 33.9 Å². The Bertz CT molecular complexity index is 900. The average molecular weight is 398 g/mol. The molecule has 0 fully saturated rings. The van der Waals surface area contributed by atoms with Crippen molar-refractivity contribution in [3.63, 3.8) is 0 Å². The van der Waals surface area contributed by atoms with E-state index in [9.17, 15) is 18.0 Å². The molecule has 2 N–H and O–H groups in total. The van der Waals surface area contributed by atoms with Gasteiger partial charge in [0.15, 0.2) is 0 Å². The van der Waals surface area contributed by atoms with Crippen LogP contribution in [0.5, 0.6) is 5.75 Å². The number of fused-ring (bicyclic) bond motifs is 1. The van der Waals surface area contributed by atoms with Gasteiger partial charge in [-0.2, -0.15) is 18.3 Å². The molecule has 2 aromatic rings. The quantitative estimate of drug-likeness (QED) is 0.604. The van der Waals surface area contributed by atoms with Crippen LogP contribution in [0.2, 0.25) is 5.02 Å². The molecule has 1 amide bonds. The Balaban J connectivity index is 1.86. The van der Waals surface area contributed by atoms with Gasteiger partial charge in [0, 0.05) is 28.6 Å². The molecule has 0 aromatic heterocycles. The lowest BCUT2D eigenvalue weighted by Gasteiger charge is -2.16. The second-order valence-corrected chi connectivity index (χ2v) is 6.30. The Hall–Kier alpha value is -2.58. The standard InChI is InChI=1S/C18H15ClF3N3O2/c1-27-12-5-6-13-14(8-12)15(23-18(20,21)22)9-16(13)24-25-17(26)10-3-2-4-11(19)7-10/h2-8,15,23H,9H2,1H3,(H,25,26). The van der Waals surface area contributed by atoms with Gasteiger partial charge in [0.2, 0.25) is 0 Å². The number of rotatable bonds is 4. The zero-order valence-electron chi connectivity index (χ0n) is 14.1. The van der Waals surface area contributed by atoms with E-state index in [-0.39, 0.29) is 6.42 Å². The van der Waals surface area contributed by atoms with Crippen LogP contribution in [0.4, 0.5) is 13.2 Å². The van der Waals surface area contributed by atoms with Crippen molar-refractivity contribution in [2.45, 2.75) is 18.8 Å². The van der Waals surface area contributed by atoms with E-state index >= 15 is 0 Å². The number of alkyl halides is 3. The number of hydrazone groups is 1. The van der Waals surface area contributed by atoms with Crippen LogP contribution in [-0.4, -0.2) is 25.0 Å². The Labute approximate surface area is 158 Å². The molecular formula is C18H15ClF3N3O2. The Morgan fingerprint density at radius 1 is 1.26 bits per heavy atom. The number of hydrogen-bond donors (Lipinski definition) is 2. The van der Waals surface area contributed by atoms with Crippen molar-refractivity contribution in [2.24, 2.45) is 5.10 Å². The molecule has 1 aliphatic carbocycles. The zero-order valence-corrected chi connectivity index (χ0v) is 14.9. The minimum atomic E-state index is -4.55. The van der Waals surface area contributed by atoms with Crippen LogP contribution in [0.15, 0.2) is 47.6 Å². The first-order valence-electron chi connectivity index (χ1n) is 7.92. The van der Waals surface area contributed by atoms with Crippen LogP contribution in [-0.2, 0) is 0 Å². The Kier molecular flexibility index (Phi) is 5.38. The molecule has 0 aliphatic heterocycles. The van der Waals surface area contributed by atoms with Crippen molar-refractivity contribution >= 4 is 23.2 Å². The number of methoxy groups -OCH3 is 1. The van der Waals surface area contributed by atoms with E-state index in [1.807, 2.05) is 0 Å². The molecule has 0 spiro atoms. The number of nitrogens with zero attached hydrogens (tertiary/aromatic N) is 1. The van der Waals surface area contributed by atoms with Gasteiger partial charge in [-0.25, -0.2) is 10.7 Å². The maximum absolute atomic E-state index is 12.8. The third-order valence-corrected chi connectivity index (χ3v) is 4.29. The molecule has 2 aromatic carbocycles. The highest BCUT2D eigenvalue weighted by atomic mass is 35.5. The van der Waals surface area contributed by atoms with Crippen molar-refractivity contribution in [3.05, 3.63) is 64.2 Å². The van der Waals surface area contributed by atoms with Crippen LogP contribution in [0.25, 0.3) is 0 Å². The molecule has 0 heterocycles. The van der Waals surface area contributed by atoms with Crippen molar-refractivity contribution in [2.75, 3.05) is 7.11 Å². The van der Waals surface area contributed by atoms with Crippen LogP contribution in [0.3, 0.4) is 0 Å². The summed E-state index contributed by atoms with van der Waals surface area (Å²) in [5, 5.41) is 6.04. The van der Waals surface area contributed by atoms with Gasteiger partial charge in [-0.15, -0.1) is 0 Å². The second kappa shape index (κ2) is 7.58. The summed E-state index contributed by atoms with van der Waals surface area (Å²) in [6.45, 7) is 0. The highest BCUT2D eigenvalue weighted by Crippen LogP contribution is 2.36. The first kappa shape index (κ1) is 19.2. The van der Waals surface area contributed by atoms with E-state index in [0.717, 1.165) is 0 Å². The van der Waals surface area contributed by atoms with E-state index in [1.54, 1.807) is 35.6 Å². The summed E-state index contributed by atoms with van der Waals surface area (Å²) < 4.78 is 43.5. The molecule has 27 heavy (non-hydrogen) atoms. The normalized spacial score (nSPS) is 17.7. The molecule has 0 saturated carbocycles. The van der Waals surface area contributed by atoms with Crippen LogP contribution < -0.4 is 15.5 Å². The number of halogens is 4. The highest BCUT2D eigenvalue weighted by Gasteiger charge is 2.37. The number of nitrogens with one attached hydrogen (secondary N) is 2. The molecule has 0 saturated heterocycles. The Morgan fingerprint density at radius 3 is 2.70 bits per heavy atom. The molecule has 3 rings (SSSR count). The smallest absolute Gasteiger partial charge is 0.457 e. The van der Waals surface area contributed by atoms with Crippen LogP contribution in [0, 0.1) is 0 Å². The third kappa shape index (κ3) is 4.58. The van der Waals surface area contributed by atoms with Crippen molar-refractivity contribution < 1.29 is 22.7 Å². The topological polar surface area (TPSA) is 62.7 Å². The number of amides is 1. The predicted octanol–water partition coefficient (Wildman–Crippen LogP) is 4.04. The molecule has 0 bridgehead atoms. The molecular weight excluding hydrogens is 383 g/mol. The van der Waals surface area contributed by atoms with E-state index in [1.165, 1.54) is 19.2 Å². The summed E-state index contributed by atoms with van der Waals surface area (Å²) in [4.78, 5) is 12.2. The SMILES string of the molecule is COc1ccc2c(c1)C(NC(F)(F)F)CC2=NNC(=O)c1cccc(Cl)c1. The van der Waals surface area contributed by atoms with Crippen LogP contribution >= 0.6 is 11.6 Å². The van der Waals surface area contributed by atoms with Crippen molar-refractivity contribution in [3.8, 4) is 5.75 Å². The summed E-state index contributed by atoms with van der Waals surface area (Å²) in [6.07, 6.45) is -4.58. The van der Waals surface area contributed by atoms with Gasteiger partial charge in [-0.3, -0.25) is 4.79 Å². The molecule has 5 nitrogen and oxygen atoms in total. The summed E-state index contributed by atoms with van der Waals surface area (Å²) in [5.74, 6) is -0.0702. The molecule has 142 valence electrons. The van der Waals surface area contributed by atoms with E-state index in [4.69, 9.17) is 16.3 Å². The van der Waals surface area contributed by atoms with Gasteiger partial charge in [0.25, 0.3) is 5.91 Å².